The topological polar surface area (TPSA) is 15.3 Å². The second-order valence-corrected chi connectivity index (χ2v) is 6.21. The van der Waals surface area contributed by atoms with Gasteiger partial charge in [-0.2, -0.15) is 0 Å². The molecule has 2 bridgehead atoms. The van der Waals surface area contributed by atoms with Crippen molar-refractivity contribution in [3.63, 3.8) is 0 Å². The molecule has 104 valence electrons. The Morgan fingerprint density at radius 3 is 2.53 bits per heavy atom. The summed E-state index contributed by atoms with van der Waals surface area (Å²) in [5.41, 5.74) is 1.46. The maximum absolute atomic E-state index is 3.94. The third-order valence-corrected chi connectivity index (χ3v) is 4.92. The van der Waals surface area contributed by atoms with E-state index < -0.39 is 0 Å². The van der Waals surface area contributed by atoms with Crippen LogP contribution in [0.25, 0.3) is 0 Å². The highest BCUT2D eigenvalue weighted by molar-refractivity contribution is 5.16. The van der Waals surface area contributed by atoms with Gasteiger partial charge in [0.1, 0.15) is 0 Å². The first-order valence-corrected chi connectivity index (χ1v) is 7.87. The zero-order valence-corrected chi connectivity index (χ0v) is 12.0. The third-order valence-electron chi connectivity index (χ3n) is 4.92. The SMILES string of the molecule is CCC(Cc1ccccc1)NC1CN2CCC1CC2. The largest absolute Gasteiger partial charge is 0.309 e. The number of piperidine rings is 3. The summed E-state index contributed by atoms with van der Waals surface area (Å²) >= 11 is 0. The van der Waals surface area contributed by atoms with Gasteiger partial charge in [-0.1, -0.05) is 37.3 Å². The van der Waals surface area contributed by atoms with Crippen molar-refractivity contribution in [1.29, 1.82) is 0 Å². The van der Waals surface area contributed by atoms with Crippen LogP contribution < -0.4 is 5.32 Å². The maximum atomic E-state index is 3.94. The van der Waals surface area contributed by atoms with Gasteiger partial charge in [-0.15, -0.1) is 0 Å². The summed E-state index contributed by atoms with van der Waals surface area (Å²) in [6.45, 7) is 6.24. The summed E-state index contributed by atoms with van der Waals surface area (Å²) in [5.74, 6) is 0.926. The number of hydrogen-bond acceptors (Lipinski definition) is 2. The zero-order chi connectivity index (χ0) is 13.1. The highest BCUT2D eigenvalue weighted by atomic mass is 15.2. The Kier molecular flexibility index (Phi) is 4.19. The Morgan fingerprint density at radius 2 is 1.95 bits per heavy atom. The number of nitrogens with zero attached hydrogens (tertiary/aromatic N) is 1. The van der Waals surface area contributed by atoms with E-state index in [2.05, 4.69) is 47.5 Å². The van der Waals surface area contributed by atoms with E-state index >= 15 is 0 Å². The van der Waals surface area contributed by atoms with E-state index in [4.69, 9.17) is 0 Å². The Labute approximate surface area is 117 Å². The Balaban J connectivity index is 1.58. The van der Waals surface area contributed by atoms with Gasteiger partial charge >= 0.3 is 0 Å². The molecule has 1 aromatic carbocycles. The van der Waals surface area contributed by atoms with E-state index in [9.17, 15) is 0 Å². The third kappa shape index (κ3) is 3.18. The van der Waals surface area contributed by atoms with Crippen LogP contribution in [0, 0.1) is 5.92 Å². The van der Waals surface area contributed by atoms with Crippen LogP contribution >= 0.6 is 0 Å². The summed E-state index contributed by atoms with van der Waals surface area (Å²) in [5, 5.41) is 3.94. The molecule has 1 N–H and O–H groups in total. The van der Waals surface area contributed by atoms with Crippen molar-refractivity contribution in [2.75, 3.05) is 19.6 Å². The average Bonchev–Trinajstić information content (AvgIpc) is 2.49. The lowest BCUT2D eigenvalue weighted by Gasteiger charge is -2.46. The first-order valence-electron chi connectivity index (χ1n) is 7.87. The van der Waals surface area contributed by atoms with Crippen LogP contribution in [-0.2, 0) is 6.42 Å². The molecule has 3 aliphatic heterocycles. The van der Waals surface area contributed by atoms with Gasteiger partial charge in [0.15, 0.2) is 0 Å². The van der Waals surface area contributed by atoms with Gasteiger partial charge in [-0.05, 0) is 50.3 Å². The molecule has 0 spiro atoms. The highest BCUT2D eigenvalue weighted by Crippen LogP contribution is 2.28. The quantitative estimate of drug-likeness (QED) is 0.873. The maximum Gasteiger partial charge on any atom is 0.0226 e. The van der Waals surface area contributed by atoms with E-state index in [1.54, 1.807) is 0 Å². The molecule has 0 saturated carbocycles. The van der Waals surface area contributed by atoms with E-state index in [0.717, 1.165) is 12.0 Å². The van der Waals surface area contributed by atoms with Crippen LogP contribution in [0.4, 0.5) is 0 Å². The van der Waals surface area contributed by atoms with Crippen LogP contribution in [0.3, 0.4) is 0 Å². The van der Waals surface area contributed by atoms with E-state index in [1.165, 1.54) is 50.9 Å². The monoisotopic (exact) mass is 258 g/mol. The normalized spacial score (nSPS) is 31.3. The van der Waals surface area contributed by atoms with Crippen LogP contribution in [0.5, 0.6) is 0 Å². The molecular weight excluding hydrogens is 232 g/mol. The van der Waals surface area contributed by atoms with Crippen molar-refractivity contribution >= 4 is 0 Å². The van der Waals surface area contributed by atoms with Gasteiger partial charge in [0.2, 0.25) is 0 Å². The molecule has 2 heteroatoms. The molecule has 2 atom stereocenters. The Morgan fingerprint density at radius 1 is 1.21 bits per heavy atom. The van der Waals surface area contributed by atoms with Crippen molar-refractivity contribution in [2.45, 2.75) is 44.7 Å². The van der Waals surface area contributed by atoms with Gasteiger partial charge < -0.3 is 10.2 Å². The minimum Gasteiger partial charge on any atom is -0.309 e. The smallest absolute Gasteiger partial charge is 0.0226 e. The molecule has 3 fully saturated rings. The molecular formula is C17H26N2. The summed E-state index contributed by atoms with van der Waals surface area (Å²) in [6.07, 6.45) is 5.19. The van der Waals surface area contributed by atoms with Crippen molar-refractivity contribution in [2.24, 2.45) is 5.92 Å². The zero-order valence-electron chi connectivity index (χ0n) is 12.0. The van der Waals surface area contributed by atoms with Gasteiger partial charge in [0, 0.05) is 18.6 Å². The first-order chi connectivity index (χ1) is 9.35. The van der Waals surface area contributed by atoms with E-state index in [-0.39, 0.29) is 0 Å². The molecule has 0 aliphatic carbocycles. The standard InChI is InChI=1S/C17H26N2/c1-2-16(12-14-6-4-3-5-7-14)18-17-13-19-10-8-15(17)9-11-19/h3-7,15-18H,2,8-13H2,1H3. The second kappa shape index (κ2) is 6.06. The fourth-order valence-corrected chi connectivity index (χ4v) is 3.68. The average molecular weight is 258 g/mol. The highest BCUT2D eigenvalue weighted by Gasteiger charge is 2.34. The number of fused-ring (bicyclic) bond motifs is 3. The number of nitrogens with one attached hydrogen (secondary N) is 1. The summed E-state index contributed by atoms with van der Waals surface area (Å²) in [4.78, 5) is 2.63. The number of rotatable bonds is 5. The minimum atomic E-state index is 0.632. The fraction of sp³-hybridized carbons (Fsp3) is 0.647. The predicted octanol–water partition coefficient (Wildman–Crippen LogP) is 2.69. The minimum absolute atomic E-state index is 0.632. The fourth-order valence-electron chi connectivity index (χ4n) is 3.68. The molecule has 2 unspecified atom stereocenters. The number of hydrogen-bond donors (Lipinski definition) is 1. The lowest BCUT2D eigenvalue weighted by molar-refractivity contribution is 0.0667. The first kappa shape index (κ1) is 13.1. The molecule has 4 rings (SSSR count). The molecule has 3 heterocycles. The van der Waals surface area contributed by atoms with Crippen molar-refractivity contribution < 1.29 is 0 Å². The van der Waals surface area contributed by atoms with Crippen molar-refractivity contribution in [3.8, 4) is 0 Å². The van der Waals surface area contributed by atoms with Crippen LogP contribution in [-0.4, -0.2) is 36.6 Å². The molecule has 0 radical (unpaired) electrons. The van der Waals surface area contributed by atoms with E-state index in [1.807, 2.05) is 0 Å². The lowest BCUT2D eigenvalue weighted by Crippen LogP contribution is -2.58. The summed E-state index contributed by atoms with van der Waals surface area (Å²) in [6, 6.07) is 12.3. The molecule has 0 amide bonds. The predicted molar refractivity (Wildman–Crippen MR) is 80.3 cm³/mol. The molecule has 3 saturated heterocycles. The van der Waals surface area contributed by atoms with Crippen LogP contribution in [0.2, 0.25) is 0 Å². The number of benzene rings is 1. The summed E-state index contributed by atoms with van der Waals surface area (Å²) in [7, 11) is 0. The van der Waals surface area contributed by atoms with Gasteiger partial charge in [0.25, 0.3) is 0 Å². The van der Waals surface area contributed by atoms with E-state index in [0.29, 0.717) is 6.04 Å². The molecule has 1 aromatic rings. The second-order valence-electron chi connectivity index (χ2n) is 6.21. The summed E-state index contributed by atoms with van der Waals surface area (Å²) < 4.78 is 0. The van der Waals surface area contributed by atoms with Gasteiger partial charge in [-0.3, -0.25) is 0 Å². The molecule has 3 aliphatic rings. The van der Waals surface area contributed by atoms with Crippen LogP contribution in [0.1, 0.15) is 31.7 Å². The molecule has 0 aromatic heterocycles. The van der Waals surface area contributed by atoms with Crippen LogP contribution in [0.15, 0.2) is 30.3 Å². The molecule has 2 nitrogen and oxygen atoms in total. The van der Waals surface area contributed by atoms with Crippen molar-refractivity contribution in [1.82, 2.24) is 10.2 Å². The Hall–Kier alpha value is -0.860. The Bertz CT molecular complexity index is 382. The lowest BCUT2D eigenvalue weighted by atomic mass is 9.83. The van der Waals surface area contributed by atoms with Gasteiger partial charge in [0.05, 0.1) is 0 Å². The van der Waals surface area contributed by atoms with Crippen molar-refractivity contribution in [3.05, 3.63) is 35.9 Å². The molecule has 19 heavy (non-hydrogen) atoms. The van der Waals surface area contributed by atoms with Gasteiger partial charge in [-0.25, -0.2) is 0 Å².